The third-order valence-electron chi connectivity index (χ3n) is 22.2. The lowest BCUT2D eigenvalue weighted by atomic mass is 10.1. The van der Waals surface area contributed by atoms with Crippen LogP contribution in [0.1, 0.15) is 44.3 Å². The molecular formula is C65H79N27O36P6. The Balaban J connectivity index is 0.000000129. The van der Waals surface area contributed by atoms with E-state index in [1.165, 1.54) is 115 Å². The Bertz CT molecular complexity index is 6660. The van der Waals surface area contributed by atoms with Crippen LogP contribution in [-0.4, -0.2) is 317 Å². The SMILES string of the molecule is C[C@]12OCP(=O)(O)OC3[C@@H](O)[C@@H](OCP(=O)(O)OC([C@H](n4cnc5c(N)ccnc54)O1)[C@H]2O)O[C@H]3n1cnc2c(N)ncnc21.Nc1ccnc2c1ncn2[C@@H]1O[C@@H]2COP(=O)(O)OC3[C@@H](O)[C@@H](COCP(=O)(O)OC1[C@H]2O)O[C@H]3n1cnc2c(N)ncnc21.Nc1ccnc2c1ncn2[C@@H]1O[C@@H]2OCP(=O)(O)OC3[C@@H](O)[C@@H](OCP(=O)(O)OC1[C@H]2O)O[C@H]3n1cnc2c(N)ncnc21. The zero-order valence-corrected chi connectivity index (χ0v) is 73.5. The summed E-state index contributed by atoms with van der Waals surface area (Å²) in [5.41, 5.74) is 38.7. The number of fused-ring (bicyclic) bond motifs is 18. The second-order valence-corrected chi connectivity index (χ2v) is 41.3. The van der Waals surface area contributed by atoms with Crippen molar-refractivity contribution < 1.29 is 171 Å². The summed E-state index contributed by atoms with van der Waals surface area (Å²) in [7, 11) is -28.8. The molecule has 0 saturated carbocycles. The van der Waals surface area contributed by atoms with Crippen LogP contribution in [0.25, 0.3) is 67.0 Å². The van der Waals surface area contributed by atoms with Crippen molar-refractivity contribution in [1.29, 1.82) is 0 Å². The molecule has 30 atom stereocenters. The Labute approximate surface area is 745 Å². The lowest BCUT2D eigenvalue weighted by Crippen LogP contribution is -2.44. The highest BCUT2D eigenvalue weighted by Crippen LogP contribution is 2.59. The number of hydrogen-bond acceptors (Lipinski definition) is 51. The van der Waals surface area contributed by atoms with Crippen molar-refractivity contribution in [2.45, 2.75) is 154 Å². The summed E-state index contributed by atoms with van der Waals surface area (Å²) < 4.78 is 188. The van der Waals surface area contributed by atoms with Crippen molar-refractivity contribution in [3.05, 3.63) is 93.7 Å². The number of nitrogens with zero attached hydrogens (tertiary/aromatic N) is 21. The highest BCUT2D eigenvalue weighted by Gasteiger charge is 2.61. The number of nitrogen functional groups attached to an aromatic ring is 6. The van der Waals surface area contributed by atoms with Crippen molar-refractivity contribution in [1.82, 2.24) is 102 Å². The first-order valence-corrected chi connectivity index (χ1v) is 49.7. The average Bonchev–Trinajstić information content (AvgIpc) is 1.60. The number of anilines is 6. The van der Waals surface area contributed by atoms with E-state index in [0.717, 1.165) is 12.7 Å². The van der Waals surface area contributed by atoms with Crippen LogP contribution in [0, 0.1) is 0 Å². The molecule has 21 heterocycles. The molecule has 0 aromatic carbocycles. The first kappa shape index (κ1) is 93.5. The predicted molar refractivity (Wildman–Crippen MR) is 438 cm³/mol. The van der Waals surface area contributed by atoms with Crippen molar-refractivity contribution in [2.75, 3.05) is 79.4 Å². The molecule has 9 fully saturated rings. The Kier molecular flexibility index (Phi) is 24.8. The van der Waals surface area contributed by atoms with Crippen molar-refractivity contribution in [2.24, 2.45) is 0 Å². The van der Waals surface area contributed by atoms with Gasteiger partial charge in [-0.1, -0.05) is 0 Å². The second kappa shape index (κ2) is 35.5. The maximum absolute atomic E-state index is 13.4. The van der Waals surface area contributed by atoms with E-state index in [-0.39, 0.29) is 90.3 Å². The van der Waals surface area contributed by atoms with Crippen molar-refractivity contribution >= 4 is 147 Å². The van der Waals surface area contributed by atoms with Gasteiger partial charge in [-0.2, -0.15) is 0 Å². The Morgan fingerprint density at radius 1 is 0.343 bits per heavy atom. The van der Waals surface area contributed by atoms with Gasteiger partial charge in [0.05, 0.1) is 68.2 Å². The van der Waals surface area contributed by atoms with E-state index < -0.39 is 238 Å². The predicted octanol–water partition coefficient (Wildman–Crippen LogP) is -2.66. The third-order valence-corrected chi connectivity index (χ3v) is 28.5. The topological polar surface area (TPSA) is 890 Å². The van der Waals surface area contributed by atoms with E-state index in [9.17, 15) is 87.4 Å². The van der Waals surface area contributed by atoms with Gasteiger partial charge < -0.3 is 147 Å². The largest absolute Gasteiger partial charge is 0.472 e. The second-order valence-electron chi connectivity index (χ2n) is 31.2. The van der Waals surface area contributed by atoms with Crippen LogP contribution in [0.4, 0.5) is 34.5 Å². The molecule has 9 saturated heterocycles. The number of hydrogen-bond donors (Lipinski definition) is 18. The van der Waals surface area contributed by atoms with Gasteiger partial charge in [-0.15, -0.1) is 0 Å². The molecular weight excluding hydrogens is 1920 g/mol. The monoisotopic (exact) mass is 2000 g/mol. The number of aromatic nitrogens is 21. The summed E-state index contributed by atoms with van der Waals surface area (Å²) in [6, 6.07) is 4.54. The fourth-order valence-electron chi connectivity index (χ4n) is 16.0. The first-order valence-electron chi connectivity index (χ1n) is 39.4. The normalized spacial score (nSPS) is 38.5. The van der Waals surface area contributed by atoms with Crippen LogP contribution >= 0.6 is 45.8 Å². The molecule has 720 valence electrons. The summed E-state index contributed by atoms with van der Waals surface area (Å²) in [6.45, 7) is -0.0140. The fourth-order valence-corrected chi connectivity index (χ4v) is 22.0. The summed E-state index contributed by atoms with van der Waals surface area (Å²) in [5.74, 6) is -2.00. The summed E-state index contributed by atoms with van der Waals surface area (Å²) in [5, 5.41) is 66.6. The molecule has 63 nitrogen and oxygen atoms in total. The molecule has 21 rings (SSSR count). The Morgan fingerprint density at radius 2 is 0.642 bits per heavy atom. The average molecular weight is 2000 g/mol. The molecule has 24 N–H and O–H groups in total. The van der Waals surface area contributed by atoms with Gasteiger partial charge in [0.2, 0.25) is 0 Å². The molecule has 0 radical (unpaired) electrons. The number of ether oxygens (including phenoxy) is 11. The number of imidazole rings is 6. The molecule has 12 aromatic rings. The summed E-state index contributed by atoms with van der Waals surface area (Å²) in [4.78, 5) is 126. The highest BCUT2D eigenvalue weighted by molar-refractivity contribution is 7.53. The van der Waals surface area contributed by atoms with Crippen LogP contribution in [0.5, 0.6) is 0 Å². The van der Waals surface area contributed by atoms with E-state index in [0.29, 0.717) is 11.2 Å². The number of rotatable bonds is 6. The van der Waals surface area contributed by atoms with Gasteiger partial charge in [-0.3, -0.25) is 81.9 Å². The maximum Gasteiger partial charge on any atom is 0.472 e. The van der Waals surface area contributed by atoms with E-state index in [2.05, 4.69) is 74.8 Å². The number of pyridine rings is 3. The van der Waals surface area contributed by atoms with Crippen LogP contribution < -0.4 is 34.4 Å². The van der Waals surface area contributed by atoms with E-state index >= 15 is 0 Å². The molecule has 0 aliphatic carbocycles. The molecule has 0 amide bonds. The van der Waals surface area contributed by atoms with E-state index in [1.54, 1.807) is 0 Å². The van der Waals surface area contributed by atoms with Crippen LogP contribution in [-0.2, 0) is 111 Å². The first-order chi connectivity index (χ1) is 63.6. The lowest BCUT2D eigenvalue weighted by Gasteiger charge is -2.30. The number of phosphoric ester groups is 1. The minimum atomic E-state index is -5.03. The van der Waals surface area contributed by atoms with E-state index in [4.69, 9.17) is 118 Å². The van der Waals surface area contributed by atoms with Crippen LogP contribution in [0.3, 0.4) is 0 Å². The molecule has 69 heteroatoms. The zero-order valence-electron chi connectivity index (χ0n) is 68.1. The molecule has 134 heavy (non-hydrogen) atoms. The molecule has 12 aromatic heterocycles. The molecule has 12 bridgehead atoms. The number of aliphatic hydroxyl groups is 6. The molecule has 12 unspecified atom stereocenters. The number of nitrogens with two attached hydrogens (primary N) is 6. The highest BCUT2D eigenvalue weighted by atomic mass is 31.2. The number of phosphoric acid groups is 1. The molecule has 0 spiro atoms. The molecule has 9 aliphatic heterocycles. The zero-order chi connectivity index (χ0) is 94.5. The Morgan fingerprint density at radius 3 is 1.01 bits per heavy atom. The quantitative estimate of drug-likeness (QED) is 0.0756. The van der Waals surface area contributed by atoms with Crippen molar-refractivity contribution in [3.8, 4) is 0 Å². The standard InChI is InChI=1S/2C22H27N9O12P2.C21H25N9O12P2/c1-22-15(33)14(20(41-22)31-5-28-10-9(23)2-3-25-17(10)31)43-44(34,35)7-38-21-12(32)13(42-45(36,37)8-39-22)19(40-21)30-6-29-11-16(24)26-4-27-18(11)30;23-9-1-2-25-19-12(9)28-6-30(19)21-16-15(33)11(41-21)4-39-45(36,37)43-17-14(32)10(3-38-8-44(34,35)42-16)40-22(17)31-7-29-13-18(24)26-5-27-20(13)31;22-8-1-2-24-16-9(8)27-4-29(16)18-13-11(31)20(39-18)37-6-44(35,36)42-14-12(32)21(38-7-43(33,34)41-13)40-19(14)30-5-28-10-15(23)25-3-26-17(10)30/h2-6,12-15,19-21,32-33H,7-8H2,1H3,(H2,23,25)(H,34,35)(H,36,37)(H2,24,26,27);1-2,5-7,10-11,14-17,21-22,32-33H,3-4,8H2,(H2,23,25)(H,34,35)(H,36,37)(H2,24,26,27);1-5,11-14,18-21,31-32H,6-7H2,(H2,22,24)(H,33,34)(H,35,36)(H2,23,25,26)/t12-,13?,14?,15-,19-,20-,21+,22+;10-,11-,14+,15+,16?,17?,21-,22-;11-,12-,13?,14?,18-,19-,20+,21+/m111/s1. The fraction of sp³-hybridized carbons (Fsp3) is 0.492. The minimum Gasteiger partial charge on any atom is -0.397 e. The minimum absolute atomic E-state index is 0.0312. The molecule has 9 aliphatic rings. The summed E-state index contributed by atoms with van der Waals surface area (Å²) in [6.07, 6.45) is -25.8. The van der Waals surface area contributed by atoms with Crippen LogP contribution in [0.15, 0.2) is 93.7 Å². The van der Waals surface area contributed by atoms with Crippen molar-refractivity contribution in [3.63, 3.8) is 0 Å². The van der Waals surface area contributed by atoms with E-state index in [1.807, 2.05) is 0 Å². The van der Waals surface area contributed by atoms with Gasteiger partial charge in [-0.25, -0.2) is 79.3 Å². The van der Waals surface area contributed by atoms with Gasteiger partial charge in [0, 0.05) is 18.6 Å². The summed E-state index contributed by atoms with van der Waals surface area (Å²) >= 11 is 0. The maximum atomic E-state index is 13.4. The van der Waals surface area contributed by atoms with Gasteiger partial charge in [0.25, 0.3) is 0 Å². The van der Waals surface area contributed by atoms with Gasteiger partial charge in [0.15, 0.2) is 139 Å². The van der Waals surface area contributed by atoms with Gasteiger partial charge in [0.1, 0.15) is 144 Å². The van der Waals surface area contributed by atoms with Crippen LogP contribution in [0.2, 0.25) is 0 Å². The van der Waals surface area contributed by atoms with Gasteiger partial charge in [-0.05, 0) is 25.1 Å². The third kappa shape index (κ3) is 17.7. The lowest BCUT2D eigenvalue weighted by molar-refractivity contribution is -0.248. The van der Waals surface area contributed by atoms with Gasteiger partial charge >= 0.3 is 45.8 Å². The Hall–Kier alpha value is -9.51. The smallest absolute Gasteiger partial charge is 0.397 e. The number of aliphatic hydroxyl groups excluding tert-OH is 6.